The highest BCUT2D eigenvalue weighted by Gasteiger charge is 2.40. The van der Waals surface area contributed by atoms with Gasteiger partial charge in [0.25, 0.3) is 0 Å². The van der Waals surface area contributed by atoms with E-state index in [1.54, 1.807) is 6.92 Å². The van der Waals surface area contributed by atoms with Crippen molar-refractivity contribution in [3.05, 3.63) is 12.2 Å². The fourth-order valence-electron chi connectivity index (χ4n) is 2.00. The predicted molar refractivity (Wildman–Crippen MR) is 98.6 cm³/mol. The van der Waals surface area contributed by atoms with Gasteiger partial charge in [0, 0.05) is 6.08 Å². The van der Waals surface area contributed by atoms with Crippen molar-refractivity contribution in [3.8, 4) is 0 Å². The molecule has 0 aromatic rings. The summed E-state index contributed by atoms with van der Waals surface area (Å²) in [5.41, 5.74) is 0. The van der Waals surface area contributed by atoms with E-state index in [-0.39, 0.29) is 16.9 Å². The van der Waals surface area contributed by atoms with E-state index in [2.05, 4.69) is 33.9 Å². The Labute approximate surface area is 147 Å². The van der Waals surface area contributed by atoms with Gasteiger partial charge in [0.15, 0.2) is 14.1 Å². The molecule has 0 saturated heterocycles. The molecule has 0 bridgehead atoms. The van der Waals surface area contributed by atoms with Crippen molar-refractivity contribution in [1.82, 2.24) is 0 Å². The van der Waals surface area contributed by atoms with E-state index >= 15 is 0 Å². The Morgan fingerprint density at radius 2 is 1.62 bits per heavy atom. The largest absolute Gasteiger partial charge is 0.478 e. The molecule has 0 fully saturated rings. The highest BCUT2D eigenvalue weighted by molar-refractivity contribution is 6.74. The number of aliphatic carboxylic acids is 1. The van der Waals surface area contributed by atoms with Crippen molar-refractivity contribution in [3.63, 3.8) is 0 Å². The summed E-state index contributed by atoms with van der Waals surface area (Å²) in [6.07, 6.45) is 5.06. The number of aliphatic hydroxyl groups excluding tert-OH is 1. The van der Waals surface area contributed by atoms with Crippen LogP contribution in [0, 0.1) is 0 Å². The molecular formula is C18H34O5Si. The normalized spacial score (nSPS) is 15.5. The van der Waals surface area contributed by atoms with Crippen LogP contribution >= 0.6 is 0 Å². The first-order chi connectivity index (χ1) is 10.9. The lowest BCUT2D eigenvalue weighted by Crippen LogP contribution is -2.45. The van der Waals surface area contributed by atoms with Crippen LogP contribution in [0.15, 0.2) is 12.2 Å². The number of carbonyl (C=O) groups is 2. The summed E-state index contributed by atoms with van der Waals surface area (Å²) in [7, 11) is -2.12. The molecule has 0 aliphatic rings. The van der Waals surface area contributed by atoms with Gasteiger partial charge in [0.1, 0.15) is 6.10 Å². The second-order valence-corrected chi connectivity index (χ2v) is 12.7. The SMILES string of the molecule is C[C@H](O)CCCCC[C@@H](O[Si](C)(C)C(C)(C)C)C(=O)/C=C/C(=O)O. The van der Waals surface area contributed by atoms with E-state index in [1.807, 2.05) is 0 Å². The lowest BCUT2D eigenvalue weighted by atomic mass is 10.0. The highest BCUT2D eigenvalue weighted by Crippen LogP contribution is 2.38. The van der Waals surface area contributed by atoms with E-state index in [0.717, 1.165) is 37.8 Å². The van der Waals surface area contributed by atoms with Gasteiger partial charge in [-0.3, -0.25) is 4.79 Å². The lowest BCUT2D eigenvalue weighted by molar-refractivity contribution is -0.132. The van der Waals surface area contributed by atoms with Crippen LogP contribution in [0.1, 0.15) is 59.8 Å². The molecule has 0 aliphatic carbocycles. The van der Waals surface area contributed by atoms with Gasteiger partial charge in [0.2, 0.25) is 0 Å². The van der Waals surface area contributed by atoms with E-state index in [9.17, 15) is 14.7 Å². The fourth-order valence-corrected chi connectivity index (χ4v) is 3.30. The van der Waals surface area contributed by atoms with Crippen LogP contribution in [0.2, 0.25) is 18.1 Å². The Morgan fingerprint density at radius 1 is 1.08 bits per heavy atom. The van der Waals surface area contributed by atoms with Crippen LogP contribution in [0.4, 0.5) is 0 Å². The number of rotatable bonds is 11. The first kappa shape index (κ1) is 23.0. The quantitative estimate of drug-likeness (QED) is 0.332. The molecule has 2 N–H and O–H groups in total. The summed E-state index contributed by atoms with van der Waals surface area (Å²) in [6, 6.07) is 0. The third-order valence-corrected chi connectivity index (χ3v) is 9.02. The predicted octanol–water partition coefficient (Wildman–Crippen LogP) is 3.92. The third-order valence-electron chi connectivity index (χ3n) is 4.54. The maximum atomic E-state index is 12.3. The molecule has 0 aromatic carbocycles. The summed E-state index contributed by atoms with van der Waals surface area (Å²) >= 11 is 0. The number of carbonyl (C=O) groups excluding carboxylic acids is 1. The molecule has 2 atom stereocenters. The molecule has 5 nitrogen and oxygen atoms in total. The van der Waals surface area contributed by atoms with Gasteiger partial charge in [-0.25, -0.2) is 4.79 Å². The molecule has 0 amide bonds. The molecule has 0 heterocycles. The van der Waals surface area contributed by atoms with Crippen molar-refractivity contribution in [2.45, 2.75) is 90.1 Å². The molecule has 0 saturated carbocycles. The minimum atomic E-state index is -2.12. The summed E-state index contributed by atoms with van der Waals surface area (Å²) in [5.74, 6) is -1.41. The topological polar surface area (TPSA) is 83.8 Å². The Hall–Kier alpha value is -0.983. The second kappa shape index (κ2) is 10.1. The molecule has 24 heavy (non-hydrogen) atoms. The van der Waals surface area contributed by atoms with Crippen LogP contribution in [0.25, 0.3) is 0 Å². The lowest BCUT2D eigenvalue weighted by Gasteiger charge is -2.38. The second-order valence-electron chi connectivity index (χ2n) is 7.93. The van der Waals surface area contributed by atoms with Crippen molar-refractivity contribution in [2.75, 3.05) is 0 Å². The monoisotopic (exact) mass is 358 g/mol. The molecule has 6 heteroatoms. The molecule has 140 valence electrons. The number of carboxylic acids is 1. The van der Waals surface area contributed by atoms with Gasteiger partial charge in [-0.05, 0) is 44.0 Å². The summed E-state index contributed by atoms with van der Waals surface area (Å²) in [6.45, 7) is 12.3. The highest BCUT2D eigenvalue weighted by atomic mass is 28.4. The first-order valence-corrected chi connectivity index (χ1v) is 11.6. The zero-order valence-corrected chi connectivity index (χ0v) is 17.0. The number of hydrogen-bond acceptors (Lipinski definition) is 4. The molecule has 0 unspecified atom stereocenters. The molecule has 0 aromatic heterocycles. The minimum absolute atomic E-state index is 0.0195. The molecular weight excluding hydrogens is 324 g/mol. The van der Waals surface area contributed by atoms with E-state index in [0.29, 0.717) is 6.42 Å². The Bertz CT molecular complexity index is 435. The molecule has 0 radical (unpaired) electrons. The van der Waals surface area contributed by atoms with E-state index < -0.39 is 20.4 Å². The molecule has 0 spiro atoms. The van der Waals surface area contributed by atoms with Gasteiger partial charge in [-0.15, -0.1) is 0 Å². The van der Waals surface area contributed by atoms with Crippen LogP contribution in [0.3, 0.4) is 0 Å². The zero-order chi connectivity index (χ0) is 19.0. The summed E-state index contributed by atoms with van der Waals surface area (Å²) in [4.78, 5) is 23.0. The molecule has 0 rings (SSSR count). The van der Waals surface area contributed by atoms with Gasteiger partial charge in [-0.2, -0.15) is 0 Å². The van der Waals surface area contributed by atoms with Gasteiger partial charge < -0.3 is 14.6 Å². The maximum Gasteiger partial charge on any atom is 0.328 e. The number of ketones is 1. The van der Waals surface area contributed by atoms with Crippen LogP contribution in [-0.2, 0) is 14.0 Å². The van der Waals surface area contributed by atoms with E-state index in [1.165, 1.54) is 0 Å². The molecule has 0 aliphatic heterocycles. The standard InChI is InChI=1S/C18H34O5Si/c1-14(19)10-8-7-9-11-16(15(20)12-13-17(21)22)23-24(5,6)18(2,3)4/h12-14,16,19H,7-11H2,1-6H3,(H,21,22)/b13-12+/t14-,16+/m0/s1. The van der Waals surface area contributed by atoms with E-state index in [4.69, 9.17) is 9.53 Å². The third kappa shape index (κ3) is 9.35. The van der Waals surface area contributed by atoms with Crippen molar-refractivity contribution in [2.24, 2.45) is 0 Å². The van der Waals surface area contributed by atoms with Gasteiger partial charge in [-0.1, -0.05) is 40.0 Å². The van der Waals surface area contributed by atoms with Crippen LogP contribution in [0.5, 0.6) is 0 Å². The van der Waals surface area contributed by atoms with Crippen molar-refractivity contribution >= 4 is 20.1 Å². The number of aliphatic hydroxyl groups is 1. The zero-order valence-electron chi connectivity index (χ0n) is 16.0. The fraction of sp³-hybridized carbons (Fsp3) is 0.778. The average molecular weight is 359 g/mol. The van der Waals surface area contributed by atoms with Crippen molar-refractivity contribution < 1.29 is 24.2 Å². The number of unbranched alkanes of at least 4 members (excludes halogenated alkanes) is 2. The van der Waals surface area contributed by atoms with Crippen molar-refractivity contribution in [1.29, 1.82) is 0 Å². The van der Waals surface area contributed by atoms with Crippen LogP contribution < -0.4 is 0 Å². The first-order valence-electron chi connectivity index (χ1n) is 8.67. The number of carboxylic acid groups (broad SMARTS) is 1. The Morgan fingerprint density at radius 3 is 2.08 bits per heavy atom. The summed E-state index contributed by atoms with van der Waals surface area (Å²) in [5, 5.41) is 18.0. The Kier molecular flexibility index (Phi) is 9.69. The smallest absolute Gasteiger partial charge is 0.328 e. The maximum absolute atomic E-state index is 12.3. The average Bonchev–Trinajstić information content (AvgIpc) is 2.41. The van der Waals surface area contributed by atoms with Crippen LogP contribution in [-0.4, -0.2) is 42.5 Å². The Balaban J connectivity index is 4.84. The van der Waals surface area contributed by atoms with Gasteiger partial charge >= 0.3 is 5.97 Å². The van der Waals surface area contributed by atoms with Gasteiger partial charge in [0.05, 0.1) is 6.10 Å². The summed E-state index contributed by atoms with van der Waals surface area (Å²) < 4.78 is 6.22. The number of hydrogen-bond donors (Lipinski definition) is 2. The minimum Gasteiger partial charge on any atom is -0.478 e.